The molecule has 0 aromatic heterocycles. The van der Waals surface area contributed by atoms with E-state index in [1.807, 2.05) is 31.2 Å². The number of nitriles is 1. The fourth-order valence-electron chi connectivity index (χ4n) is 3.79. The second-order valence-corrected chi connectivity index (χ2v) is 8.03. The molecule has 1 amide bonds. The van der Waals surface area contributed by atoms with Crippen LogP contribution in [0.2, 0.25) is 0 Å². The van der Waals surface area contributed by atoms with Crippen molar-refractivity contribution in [2.75, 3.05) is 12.9 Å². The van der Waals surface area contributed by atoms with E-state index in [1.54, 1.807) is 31.4 Å². The van der Waals surface area contributed by atoms with Crippen molar-refractivity contribution < 1.29 is 14.6 Å². The molecule has 2 aromatic carbocycles. The van der Waals surface area contributed by atoms with Gasteiger partial charge in [0.05, 0.1) is 29.5 Å². The Morgan fingerprint density at radius 2 is 2.04 bits per heavy atom. The summed E-state index contributed by atoms with van der Waals surface area (Å²) in [5.41, 5.74) is 1.69. The van der Waals surface area contributed by atoms with E-state index < -0.39 is 5.72 Å². The summed E-state index contributed by atoms with van der Waals surface area (Å²) in [5, 5.41) is 21.9. The van der Waals surface area contributed by atoms with Gasteiger partial charge in [-0.2, -0.15) is 5.26 Å². The van der Waals surface area contributed by atoms with Crippen LogP contribution in [-0.4, -0.2) is 28.8 Å². The maximum Gasteiger partial charge on any atom is 0.231 e. The number of aryl methyl sites for hydroxylation is 1. The van der Waals surface area contributed by atoms with Crippen LogP contribution in [0.3, 0.4) is 0 Å². The number of methoxy groups -OCH3 is 1. The topological polar surface area (TPSA) is 73.6 Å². The number of rotatable bonds is 3. The van der Waals surface area contributed by atoms with Gasteiger partial charge in [0.25, 0.3) is 0 Å². The van der Waals surface area contributed by atoms with Gasteiger partial charge in [0.15, 0.2) is 5.72 Å². The molecule has 142 valence electrons. The maximum absolute atomic E-state index is 13.1. The summed E-state index contributed by atoms with van der Waals surface area (Å²) in [6, 6.07) is 17.3. The lowest BCUT2D eigenvalue weighted by Gasteiger charge is -2.38. The van der Waals surface area contributed by atoms with Crippen LogP contribution in [0.1, 0.15) is 29.0 Å². The number of carbonyl (C=O) groups is 1. The standard InChI is InChI=1S/C22H20N2O3S/c1-14-6-8-15(9-7-14)18-11-20(25)24-21(19(18)12-23)28-13-22(24,26)16-4-3-5-17(10-16)27-2/h3-10,18,26H,11,13H2,1-2H3/t18-,22+/m1/s1. The van der Waals surface area contributed by atoms with Gasteiger partial charge in [-0.1, -0.05) is 42.0 Å². The Bertz CT molecular complexity index is 1010. The Kier molecular flexibility index (Phi) is 4.66. The molecule has 1 fully saturated rings. The van der Waals surface area contributed by atoms with Gasteiger partial charge in [0, 0.05) is 17.9 Å². The van der Waals surface area contributed by atoms with E-state index in [0.717, 1.165) is 11.1 Å². The SMILES string of the molecule is COc1cccc([C@@]2(O)CSC3=C(C#N)[C@@H](c4ccc(C)cc4)CC(=O)N32)c1. The van der Waals surface area contributed by atoms with Crippen molar-refractivity contribution in [3.63, 3.8) is 0 Å². The van der Waals surface area contributed by atoms with E-state index >= 15 is 0 Å². The van der Waals surface area contributed by atoms with Gasteiger partial charge < -0.3 is 9.84 Å². The summed E-state index contributed by atoms with van der Waals surface area (Å²) in [7, 11) is 1.56. The van der Waals surface area contributed by atoms with Crippen molar-refractivity contribution >= 4 is 17.7 Å². The Hall–Kier alpha value is -2.75. The van der Waals surface area contributed by atoms with Gasteiger partial charge in [0.1, 0.15) is 5.75 Å². The molecule has 0 saturated carbocycles. The normalized spacial score (nSPS) is 24.1. The number of hydrogen-bond acceptors (Lipinski definition) is 5. The van der Waals surface area contributed by atoms with Crippen LogP contribution < -0.4 is 4.74 Å². The van der Waals surface area contributed by atoms with Crippen LogP contribution in [0.4, 0.5) is 0 Å². The summed E-state index contributed by atoms with van der Waals surface area (Å²) in [6.07, 6.45) is 0.155. The average Bonchev–Trinajstić information content (AvgIpc) is 3.08. The molecule has 5 nitrogen and oxygen atoms in total. The number of carbonyl (C=O) groups excluding carboxylic acids is 1. The minimum Gasteiger partial charge on any atom is -0.497 e. The smallest absolute Gasteiger partial charge is 0.231 e. The average molecular weight is 392 g/mol. The number of allylic oxidation sites excluding steroid dienone is 1. The van der Waals surface area contributed by atoms with Gasteiger partial charge in [-0.3, -0.25) is 9.69 Å². The molecule has 0 unspecified atom stereocenters. The van der Waals surface area contributed by atoms with Gasteiger partial charge in [0.2, 0.25) is 5.91 Å². The zero-order valence-corrected chi connectivity index (χ0v) is 16.5. The first kappa shape index (κ1) is 18.6. The van der Waals surface area contributed by atoms with E-state index in [0.29, 0.717) is 21.9 Å². The molecule has 2 heterocycles. The summed E-state index contributed by atoms with van der Waals surface area (Å²) >= 11 is 1.35. The first-order valence-corrected chi connectivity index (χ1v) is 10.00. The molecule has 6 heteroatoms. The Morgan fingerprint density at radius 1 is 1.29 bits per heavy atom. The summed E-state index contributed by atoms with van der Waals surface area (Å²) in [5.74, 6) is 0.405. The molecule has 0 radical (unpaired) electrons. The molecule has 0 spiro atoms. The number of fused-ring (bicyclic) bond motifs is 1. The summed E-state index contributed by atoms with van der Waals surface area (Å²) < 4.78 is 5.26. The molecule has 2 atom stereocenters. The highest BCUT2D eigenvalue weighted by Gasteiger charge is 2.51. The van der Waals surface area contributed by atoms with Crippen molar-refractivity contribution in [2.45, 2.75) is 25.0 Å². The van der Waals surface area contributed by atoms with E-state index in [4.69, 9.17) is 4.74 Å². The number of thioether (sulfide) groups is 1. The third-order valence-electron chi connectivity index (χ3n) is 5.32. The van der Waals surface area contributed by atoms with Gasteiger partial charge >= 0.3 is 0 Å². The third kappa shape index (κ3) is 2.88. The molecule has 2 aliphatic heterocycles. The molecule has 4 rings (SSSR count). The van der Waals surface area contributed by atoms with E-state index in [9.17, 15) is 15.2 Å². The van der Waals surface area contributed by atoms with E-state index in [2.05, 4.69) is 6.07 Å². The fourth-order valence-corrected chi connectivity index (χ4v) is 5.15. The van der Waals surface area contributed by atoms with Crippen LogP contribution in [0.25, 0.3) is 0 Å². The van der Waals surface area contributed by atoms with Crippen molar-refractivity contribution in [3.8, 4) is 11.8 Å². The molecule has 2 aromatic rings. The zero-order valence-electron chi connectivity index (χ0n) is 15.7. The van der Waals surface area contributed by atoms with Crippen LogP contribution in [0.5, 0.6) is 5.75 Å². The number of aliphatic hydroxyl groups is 1. The molecule has 1 saturated heterocycles. The largest absolute Gasteiger partial charge is 0.497 e. The maximum atomic E-state index is 13.1. The molecule has 0 bridgehead atoms. The van der Waals surface area contributed by atoms with Gasteiger partial charge in [-0.05, 0) is 24.6 Å². The van der Waals surface area contributed by atoms with Crippen molar-refractivity contribution in [2.24, 2.45) is 0 Å². The van der Waals surface area contributed by atoms with Crippen LogP contribution >= 0.6 is 11.8 Å². The van der Waals surface area contributed by atoms with Crippen molar-refractivity contribution in [3.05, 3.63) is 75.8 Å². The van der Waals surface area contributed by atoms with Crippen molar-refractivity contribution in [1.82, 2.24) is 4.90 Å². The number of amides is 1. The van der Waals surface area contributed by atoms with Crippen LogP contribution in [0.15, 0.2) is 59.1 Å². The summed E-state index contributed by atoms with van der Waals surface area (Å²) in [6.45, 7) is 2.00. The van der Waals surface area contributed by atoms with Gasteiger partial charge in [-0.15, -0.1) is 11.8 Å². The van der Waals surface area contributed by atoms with Crippen molar-refractivity contribution in [1.29, 1.82) is 5.26 Å². The predicted octanol–water partition coefficient (Wildman–Crippen LogP) is 3.65. The van der Waals surface area contributed by atoms with E-state index in [1.165, 1.54) is 16.7 Å². The first-order chi connectivity index (χ1) is 13.5. The highest BCUT2D eigenvalue weighted by atomic mass is 32.2. The van der Waals surface area contributed by atoms with E-state index in [-0.39, 0.29) is 24.0 Å². The lowest BCUT2D eigenvalue weighted by Crippen LogP contribution is -2.48. The third-order valence-corrected chi connectivity index (χ3v) is 6.55. The first-order valence-electron chi connectivity index (χ1n) is 9.01. The molecule has 28 heavy (non-hydrogen) atoms. The lowest BCUT2D eigenvalue weighted by atomic mass is 9.85. The summed E-state index contributed by atoms with van der Waals surface area (Å²) in [4.78, 5) is 14.5. The minimum atomic E-state index is -1.49. The zero-order chi connectivity index (χ0) is 19.9. The Labute approximate surface area is 168 Å². The molecular formula is C22H20N2O3S. The molecule has 1 N–H and O–H groups in total. The number of hydrogen-bond donors (Lipinski definition) is 1. The second kappa shape index (κ2) is 7.01. The highest BCUT2D eigenvalue weighted by molar-refractivity contribution is 8.03. The Morgan fingerprint density at radius 3 is 2.71 bits per heavy atom. The predicted molar refractivity (Wildman–Crippen MR) is 107 cm³/mol. The second-order valence-electron chi connectivity index (χ2n) is 7.06. The Balaban J connectivity index is 1.79. The highest BCUT2D eigenvalue weighted by Crippen LogP contribution is 2.51. The minimum absolute atomic E-state index is 0.155. The fraction of sp³-hybridized carbons (Fsp3) is 0.273. The molecule has 2 aliphatic rings. The number of benzene rings is 2. The quantitative estimate of drug-likeness (QED) is 0.863. The number of nitrogens with zero attached hydrogens (tertiary/aromatic N) is 2. The van der Waals surface area contributed by atoms with Crippen LogP contribution in [0, 0.1) is 18.3 Å². The molecule has 0 aliphatic carbocycles. The van der Waals surface area contributed by atoms with Gasteiger partial charge in [-0.25, -0.2) is 0 Å². The van der Waals surface area contributed by atoms with Crippen LogP contribution in [-0.2, 0) is 10.5 Å². The lowest BCUT2D eigenvalue weighted by molar-refractivity contribution is -0.149. The number of ether oxygens (including phenoxy) is 1. The monoisotopic (exact) mass is 392 g/mol. The molecular weight excluding hydrogens is 372 g/mol.